The molecule has 14 heteroatoms. The average Bonchev–Trinajstić information content (AvgIpc) is 3.35. The highest BCUT2D eigenvalue weighted by atomic mass is 79.9. The molecule has 0 atom stereocenters. The summed E-state index contributed by atoms with van der Waals surface area (Å²) in [4.78, 5) is 50.2. The molecule has 0 radical (unpaired) electrons. The highest BCUT2D eigenvalue weighted by molar-refractivity contribution is 9.10. The van der Waals surface area contributed by atoms with E-state index in [0.717, 1.165) is 74.6 Å². The van der Waals surface area contributed by atoms with Gasteiger partial charge in [0.2, 0.25) is 0 Å². The van der Waals surface area contributed by atoms with Gasteiger partial charge in [0.05, 0.1) is 0 Å². The molecule has 0 saturated carbocycles. The molecule has 0 N–H and O–H groups in total. The quantitative estimate of drug-likeness (QED) is 0.127. The first kappa shape index (κ1) is 47.4. The number of rotatable bonds is 2. The summed E-state index contributed by atoms with van der Waals surface area (Å²) in [7, 11) is 0. The standard InChI is InChI=1S/C14H7F3OS2.C14H10OS2.C13H7BrOS.C13H8OS/c15-14(16,17)20-8-5-6-12-10(7-8)13(18)9-3-1-2-4-11(9)19-12;1-16-9-6-7-13-11(8-9)14(15)10-4-2-3-5-12(10)17-13;14-8-5-6-12-10(7-8)13(15)9-3-1-2-4-11(9)16-12;14-13-9-5-1-3-7-11(9)15-12-8-4-2-6-10(12)13/h1-7H;2-8H,1H3;1-7H;1-8H. The topological polar surface area (TPSA) is 68.3 Å². The first-order valence-electron chi connectivity index (χ1n) is 20.6. The Kier molecular flexibility index (Phi) is 14.3. The van der Waals surface area contributed by atoms with Gasteiger partial charge in [0.25, 0.3) is 0 Å². The molecule has 0 unspecified atom stereocenters. The number of alkyl halides is 3. The van der Waals surface area contributed by atoms with Crippen molar-refractivity contribution in [1.82, 2.24) is 0 Å². The highest BCUT2D eigenvalue weighted by Crippen LogP contribution is 2.38. The summed E-state index contributed by atoms with van der Waals surface area (Å²) in [5, 5.41) is 5.77. The minimum atomic E-state index is -4.35. The second-order valence-corrected chi connectivity index (χ2v) is 22.2. The van der Waals surface area contributed by atoms with Gasteiger partial charge in [-0.05, 0) is 133 Å². The van der Waals surface area contributed by atoms with Gasteiger partial charge in [-0.15, -0.1) is 57.1 Å². The molecule has 4 heterocycles. The molecule has 336 valence electrons. The molecular formula is C54H32BrF3O4S6. The van der Waals surface area contributed by atoms with Gasteiger partial charge in [-0.25, -0.2) is 0 Å². The summed E-state index contributed by atoms with van der Waals surface area (Å²) in [6.07, 6.45) is 2.02. The number of benzene rings is 8. The Balaban J connectivity index is 0.000000114. The maximum absolute atomic E-state index is 12.4. The van der Waals surface area contributed by atoms with E-state index in [2.05, 4.69) is 22.0 Å². The molecule has 4 nitrogen and oxygen atoms in total. The van der Waals surface area contributed by atoms with Crippen molar-refractivity contribution >= 4 is 165 Å². The minimum Gasteiger partial charge on any atom is -0.289 e. The third-order valence-corrected chi connectivity index (χ3v) is 17.1. The van der Waals surface area contributed by atoms with Gasteiger partial charge in [-0.3, -0.25) is 19.2 Å². The van der Waals surface area contributed by atoms with Crippen LogP contribution in [0.25, 0.3) is 80.7 Å². The zero-order chi connectivity index (χ0) is 47.5. The Morgan fingerprint density at radius 2 is 0.647 bits per heavy atom. The Labute approximate surface area is 418 Å². The number of halogens is 4. The largest absolute Gasteiger partial charge is 0.446 e. The van der Waals surface area contributed by atoms with Crippen molar-refractivity contribution in [2.45, 2.75) is 15.3 Å². The molecule has 12 aromatic rings. The van der Waals surface area contributed by atoms with Crippen LogP contribution in [-0.2, 0) is 0 Å². The monoisotopic (exact) mass is 1070 g/mol. The van der Waals surface area contributed by atoms with Crippen LogP contribution < -0.4 is 21.7 Å². The van der Waals surface area contributed by atoms with Crippen LogP contribution in [0.1, 0.15) is 0 Å². The summed E-state index contributed by atoms with van der Waals surface area (Å²) < 4.78 is 45.9. The van der Waals surface area contributed by atoms with E-state index in [1.54, 1.807) is 64.0 Å². The van der Waals surface area contributed by atoms with Gasteiger partial charge in [-0.2, -0.15) is 13.2 Å². The predicted molar refractivity (Wildman–Crippen MR) is 294 cm³/mol. The van der Waals surface area contributed by atoms with Crippen LogP contribution in [0.15, 0.2) is 209 Å². The van der Waals surface area contributed by atoms with Crippen molar-refractivity contribution in [2.75, 3.05) is 6.26 Å². The number of hydrogen-bond donors (Lipinski definition) is 0. The zero-order valence-corrected chi connectivity index (χ0v) is 41.8. The molecule has 0 bridgehead atoms. The van der Waals surface area contributed by atoms with Crippen molar-refractivity contribution in [3.05, 3.63) is 221 Å². The summed E-state index contributed by atoms with van der Waals surface area (Å²) in [5.41, 5.74) is -4.17. The fourth-order valence-electron chi connectivity index (χ4n) is 7.41. The summed E-state index contributed by atoms with van der Waals surface area (Å²) in [5.74, 6) is 0. The van der Waals surface area contributed by atoms with E-state index in [0.29, 0.717) is 15.5 Å². The van der Waals surface area contributed by atoms with Crippen molar-refractivity contribution < 1.29 is 13.2 Å². The van der Waals surface area contributed by atoms with E-state index >= 15 is 0 Å². The first-order chi connectivity index (χ1) is 32.8. The second kappa shape index (κ2) is 20.5. The Bertz CT molecular complexity index is 4070. The predicted octanol–water partition coefficient (Wildman–Crippen LogP) is 16.8. The maximum atomic E-state index is 12.4. The first-order valence-corrected chi connectivity index (χ1v) is 26.7. The van der Waals surface area contributed by atoms with Crippen LogP contribution >= 0.6 is 84.8 Å². The maximum Gasteiger partial charge on any atom is 0.446 e. The normalized spacial score (nSPS) is 11.4. The highest BCUT2D eigenvalue weighted by Gasteiger charge is 2.29. The van der Waals surface area contributed by atoms with Gasteiger partial charge in [-0.1, -0.05) is 76.6 Å². The molecule has 0 amide bonds. The molecule has 0 aliphatic heterocycles. The molecule has 0 aliphatic rings. The number of fused-ring (bicyclic) bond motifs is 8. The lowest BCUT2D eigenvalue weighted by Crippen LogP contribution is -2.02. The lowest BCUT2D eigenvalue weighted by molar-refractivity contribution is -0.0328. The SMILES string of the molecule is CSc1ccc2sc3ccccc3c(=O)c2c1.O=c1c2ccccc2sc2ccc(Br)cc12.O=c1c2ccccc2sc2ccc(SC(F)(F)F)cc12.O=c1c2ccccc2sc2ccccc12. The van der Waals surface area contributed by atoms with Gasteiger partial charge >= 0.3 is 5.51 Å². The second-order valence-electron chi connectivity index (χ2n) is 14.9. The van der Waals surface area contributed by atoms with Crippen LogP contribution in [0.2, 0.25) is 0 Å². The van der Waals surface area contributed by atoms with E-state index in [-0.39, 0.29) is 38.4 Å². The van der Waals surface area contributed by atoms with Crippen LogP contribution in [0.3, 0.4) is 0 Å². The van der Waals surface area contributed by atoms with Crippen molar-refractivity contribution in [3.63, 3.8) is 0 Å². The van der Waals surface area contributed by atoms with E-state index in [1.807, 2.05) is 146 Å². The fraction of sp³-hybridized carbons (Fsp3) is 0.0370. The summed E-state index contributed by atoms with van der Waals surface area (Å²) >= 11 is 11.3. The molecular weight excluding hydrogens is 1040 g/mol. The molecule has 68 heavy (non-hydrogen) atoms. The number of thioether (sulfide) groups is 2. The van der Waals surface area contributed by atoms with Gasteiger partial charge in [0.15, 0.2) is 21.7 Å². The Morgan fingerprint density at radius 1 is 0.368 bits per heavy atom. The number of hydrogen-bond acceptors (Lipinski definition) is 10. The van der Waals surface area contributed by atoms with Crippen LogP contribution in [-0.4, -0.2) is 11.8 Å². The van der Waals surface area contributed by atoms with Crippen LogP contribution in [0.5, 0.6) is 0 Å². The molecule has 0 spiro atoms. The average molecular weight is 1070 g/mol. The Hall–Kier alpha value is -5.71. The third kappa shape index (κ3) is 10.3. The Morgan fingerprint density at radius 3 is 1.00 bits per heavy atom. The van der Waals surface area contributed by atoms with Gasteiger partial charge in [0, 0.05) is 95.0 Å². The van der Waals surface area contributed by atoms with Crippen LogP contribution in [0, 0.1) is 0 Å². The molecule has 0 fully saturated rings. The lowest BCUT2D eigenvalue weighted by atomic mass is 10.2. The van der Waals surface area contributed by atoms with E-state index in [9.17, 15) is 32.3 Å². The molecule has 0 aliphatic carbocycles. The van der Waals surface area contributed by atoms with E-state index in [1.165, 1.54) is 23.5 Å². The summed E-state index contributed by atoms with van der Waals surface area (Å²) in [6, 6.07) is 54.4. The third-order valence-electron chi connectivity index (χ3n) is 10.6. The van der Waals surface area contributed by atoms with Gasteiger partial charge in [0.1, 0.15) is 0 Å². The molecule has 0 saturated heterocycles. The van der Waals surface area contributed by atoms with Crippen molar-refractivity contribution in [3.8, 4) is 0 Å². The molecule has 12 rings (SSSR count). The molecule has 4 aromatic heterocycles. The summed E-state index contributed by atoms with van der Waals surface area (Å²) in [6.45, 7) is 0. The van der Waals surface area contributed by atoms with Crippen molar-refractivity contribution in [1.29, 1.82) is 0 Å². The minimum absolute atomic E-state index is 0.0320. The van der Waals surface area contributed by atoms with Crippen molar-refractivity contribution in [2.24, 2.45) is 0 Å². The zero-order valence-electron chi connectivity index (χ0n) is 35.3. The lowest BCUT2D eigenvalue weighted by Gasteiger charge is -2.06. The fourth-order valence-corrected chi connectivity index (χ4v) is 13.0. The van der Waals surface area contributed by atoms with E-state index in [4.69, 9.17) is 0 Å². The molecule has 8 aromatic carbocycles. The smallest absolute Gasteiger partial charge is 0.289 e. The van der Waals surface area contributed by atoms with Gasteiger partial charge < -0.3 is 0 Å². The van der Waals surface area contributed by atoms with E-state index < -0.39 is 5.51 Å². The van der Waals surface area contributed by atoms with Crippen LogP contribution in [0.4, 0.5) is 13.2 Å².